The van der Waals surface area contributed by atoms with Crippen molar-refractivity contribution >= 4 is 17.4 Å². The molecule has 5 nitrogen and oxygen atoms in total. The summed E-state index contributed by atoms with van der Waals surface area (Å²) in [6, 6.07) is 0. The molecule has 0 radical (unpaired) electrons. The molecule has 0 spiro atoms. The molecule has 0 bridgehead atoms. The lowest BCUT2D eigenvalue weighted by molar-refractivity contribution is 0.0850. The second-order valence-electron chi connectivity index (χ2n) is 4.33. The molecule has 0 aromatic carbocycles. The van der Waals surface area contributed by atoms with Crippen molar-refractivity contribution in [3.05, 3.63) is 10.6 Å². The molecule has 6 heteroatoms. The van der Waals surface area contributed by atoms with Crippen LogP contribution >= 0.6 is 11.5 Å². The summed E-state index contributed by atoms with van der Waals surface area (Å²) in [5, 5.41) is 16.1. The molecule has 1 aromatic rings. The van der Waals surface area contributed by atoms with Gasteiger partial charge in [-0.3, -0.25) is 4.79 Å². The lowest BCUT2D eigenvalue weighted by atomic mass is 10.00. The summed E-state index contributed by atoms with van der Waals surface area (Å²) in [4.78, 5) is 12.6. The highest BCUT2D eigenvalue weighted by molar-refractivity contribution is 7.08. The molecule has 0 aliphatic rings. The Morgan fingerprint density at radius 2 is 2.24 bits per heavy atom. The van der Waals surface area contributed by atoms with Crippen LogP contribution in [-0.2, 0) is 6.42 Å². The fourth-order valence-electron chi connectivity index (χ4n) is 1.35. The summed E-state index contributed by atoms with van der Waals surface area (Å²) in [5.74, 6) is -0.193. The van der Waals surface area contributed by atoms with Crippen LogP contribution in [0.2, 0.25) is 0 Å². The molecule has 0 aliphatic carbocycles. The van der Waals surface area contributed by atoms with E-state index in [2.05, 4.69) is 14.9 Å². The molecule has 1 heterocycles. The van der Waals surface area contributed by atoms with Crippen molar-refractivity contribution in [2.24, 2.45) is 0 Å². The monoisotopic (exact) mass is 257 g/mol. The molecule has 17 heavy (non-hydrogen) atoms. The number of carbonyl (C=O) groups excluding carboxylic acids is 1. The molecule has 0 saturated carbocycles. The molecule has 1 atom stereocenters. The van der Waals surface area contributed by atoms with Crippen molar-refractivity contribution in [2.45, 2.75) is 45.6 Å². The van der Waals surface area contributed by atoms with Gasteiger partial charge in [-0.05, 0) is 31.3 Å². The van der Waals surface area contributed by atoms with Crippen molar-refractivity contribution in [1.29, 1.82) is 0 Å². The van der Waals surface area contributed by atoms with Gasteiger partial charge >= 0.3 is 0 Å². The molecule has 1 aromatic heterocycles. The van der Waals surface area contributed by atoms with Crippen molar-refractivity contribution in [3.63, 3.8) is 0 Å². The summed E-state index contributed by atoms with van der Waals surface area (Å²) in [6.45, 7) is 5.70. The lowest BCUT2D eigenvalue weighted by Gasteiger charge is -2.26. The third-order valence-corrected chi connectivity index (χ3v) is 3.56. The average Bonchev–Trinajstić information content (AvgIpc) is 2.77. The first kappa shape index (κ1) is 14.1. The number of aryl methyl sites for hydroxylation is 1. The predicted octanol–water partition coefficient (Wildman–Crippen LogP) is 1.38. The maximum Gasteiger partial charge on any atom is 0.265 e. The third-order valence-electron chi connectivity index (χ3n) is 2.79. The Balaban J connectivity index is 2.79. The fourth-order valence-corrected chi connectivity index (χ4v) is 1.96. The highest BCUT2D eigenvalue weighted by atomic mass is 32.1. The van der Waals surface area contributed by atoms with Crippen LogP contribution in [0.3, 0.4) is 0 Å². The van der Waals surface area contributed by atoms with Gasteiger partial charge in [0.05, 0.1) is 17.8 Å². The van der Waals surface area contributed by atoms with Crippen molar-refractivity contribution in [1.82, 2.24) is 14.9 Å². The first-order valence-electron chi connectivity index (χ1n) is 5.81. The molecule has 1 unspecified atom stereocenters. The van der Waals surface area contributed by atoms with Gasteiger partial charge < -0.3 is 10.4 Å². The van der Waals surface area contributed by atoms with Crippen LogP contribution in [0.25, 0.3) is 0 Å². The van der Waals surface area contributed by atoms with Gasteiger partial charge in [-0.2, -0.15) is 0 Å². The minimum absolute atomic E-state index is 0.0788. The molecule has 2 N–H and O–H groups in total. The zero-order chi connectivity index (χ0) is 12.9. The summed E-state index contributed by atoms with van der Waals surface area (Å²) in [7, 11) is 0. The number of rotatable bonds is 6. The molecule has 0 saturated heterocycles. The van der Waals surface area contributed by atoms with E-state index in [4.69, 9.17) is 0 Å². The molecular formula is C11H19N3O2S. The number of carbonyl (C=O) groups is 1. The Hall–Kier alpha value is -1.01. The van der Waals surface area contributed by atoms with Gasteiger partial charge in [0.25, 0.3) is 5.91 Å². The predicted molar refractivity (Wildman–Crippen MR) is 67.2 cm³/mol. The van der Waals surface area contributed by atoms with Crippen LogP contribution in [0, 0.1) is 0 Å². The minimum atomic E-state index is -0.579. The van der Waals surface area contributed by atoms with Gasteiger partial charge in [0, 0.05) is 0 Å². The normalized spacial score (nSPS) is 14.4. The number of nitrogens with zero attached hydrogens (tertiary/aromatic N) is 2. The summed E-state index contributed by atoms with van der Waals surface area (Å²) < 4.78 is 3.81. The van der Waals surface area contributed by atoms with Gasteiger partial charge in [0.2, 0.25) is 0 Å². The number of aromatic nitrogens is 2. The lowest BCUT2D eigenvalue weighted by Crippen LogP contribution is -2.48. The average molecular weight is 257 g/mol. The van der Waals surface area contributed by atoms with Crippen LogP contribution in [0.5, 0.6) is 0 Å². The minimum Gasteiger partial charge on any atom is -0.394 e. The summed E-state index contributed by atoms with van der Waals surface area (Å²) in [5.41, 5.74) is 0.163. The fraction of sp³-hybridized carbons (Fsp3) is 0.727. The number of nitrogens with one attached hydrogen (secondary N) is 1. The zero-order valence-corrected chi connectivity index (χ0v) is 11.3. The highest BCUT2D eigenvalue weighted by Gasteiger charge is 2.26. The molecular weight excluding hydrogens is 238 g/mol. The Bertz CT molecular complexity index is 375. The maximum atomic E-state index is 12.0. The van der Waals surface area contributed by atoms with Gasteiger partial charge in [-0.1, -0.05) is 24.8 Å². The number of amides is 1. The van der Waals surface area contributed by atoms with Crippen LogP contribution in [0.15, 0.2) is 0 Å². The smallest absolute Gasteiger partial charge is 0.265 e. The largest absolute Gasteiger partial charge is 0.394 e. The standard InChI is InChI=1S/C11H19N3O2S/c1-4-6-8-9(17-14-13-8)10(16)12-11(3,5-2)7-15/h15H,4-7H2,1-3H3,(H,12,16). The molecule has 1 rings (SSSR count). The summed E-state index contributed by atoms with van der Waals surface area (Å²) in [6.07, 6.45) is 2.35. The molecule has 96 valence electrons. The van der Waals surface area contributed by atoms with E-state index in [1.54, 1.807) is 0 Å². The third kappa shape index (κ3) is 3.47. The quantitative estimate of drug-likeness (QED) is 0.807. The summed E-state index contributed by atoms with van der Waals surface area (Å²) >= 11 is 1.10. The Labute approximate surface area is 105 Å². The van der Waals surface area contributed by atoms with Gasteiger partial charge in [0.1, 0.15) is 4.88 Å². The van der Waals surface area contributed by atoms with Crippen LogP contribution < -0.4 is 5.32 Å². The Morgan fingerprint density at radius 1 is 1.53 bits per heavy atom. The Kier molecular flexibility index (Phi) is 5.02. The van der Waals surface area contributed by atoms with E-state index in [0.29, 0.717) is 11.3 Å². The number of hydrogen-bond donors (Lipinski definition) is 2. The van der Waals surface area contributed by atoms with E-state index in [1.807, 2.05) is 20.8 Å². The first-order chi connectivity index (χ1) is 8.06. The molecule has 0 fully saturated rings. The van der Waals surface area contributed by atoms with Crippen LogP contribution in [0.1, 0.15) is 49.0 Å². The SMILES string of the molecule is CCCc1nnsc1C(=O)NC(C)(CC)CO. The van der Waals surface area contributed by atoms with Gasteiger partial charge in [0.15, 0.2) is 0 Å². The molecule has 1 amide bonds. The first-order valence-corrected chi connectivity index (χ1v) is 6.58. The zero-order valence-electron chi connectivity index (χ0n) is 10.5. The van der Waals surface area contributed by atoms with Crippen LogP contribution in [0.4, 0.5) is 0 Å². The maximum absolute atomic E-state index is 12.0. The second-order valence-corrected chi connectivity index (χ2v) is 5.08. The topological polar surface area (TPSA) is 75.1 Å². The van der Waals surface area contributed by atoms with Gasteiger partial charge in [-0.25, -0.2) is 0 Å². The number of hydrogen-bond acceptors (Lipinski definition) is 5. The Morgan fingerprint density at radius 3 is 2.76 bits per heavy atom. The number of aliphatic hydroxyl groups excluding tert-OH is 1. The van der Waals surface area contributed by atoms with E-state index in [-0.39, 0.29) is 12.5 Å². The van der Waals surface area contributed by atoms with E-state index in [0.717, 1.165) is 30.1 Å². The van der Waals surface area contributed by atoms with Crippen molar-refractivity contribution in [3.8, 4) is 0 Å². The van der Waals surface area contributed by atoms with E-state index >= 15 is 0 Å². The van der Waals surface area contributed by atoms with Crippen LogP contribution in [-0.4, -0.2) is 32.7 Å². The van der Waals surface area contributed by atoms with Crippen molar-refractivity contribution < 1.29 is 9.90 Å². The molecule has 0 aliphatic heterocycles. The van der Waals surface area contributed by atoms with E-state index in [1.165, 1.54) is 0 Å². The second kappa shape index (κ2) is 6.07. The van der Waals surface area contributed by atoms with Gasteiger partial charge in [-0.15, -0.1) is 5.10 Å². The van der Waals surface area contributed by atoms with E-state index < -0.39 is 5.54 Å². The van der Waals surface area contributed by atoms with E-state index in [9.17, 15) is 9.90 Å². The highest BCUT2D eigenvalue weighted by Crippen LogP contribution is 2.15. The number of aliphatic hydroxyl groups is 1. The van der Waals surface area contributed by atoms with Crippen molar-refractivity contribution in [2.75, 3.05) is 6.61 Å².